The number of nitrogens with zero attached hydrogens (tertiary/aromatic N) is 3. The number of ether oxygens (including phenoxy) is 2. The molecule has 0 spiro atoms. The van der Waals surface area contributed by atoms with Gasteiger partial charge >= 0.3 is 0 Å². The van der Waals surface area contributed by atoms with E-state index in [1.165, 1.54) is 7.11 Å². The summed E-state index contributed by atoms with van der Waals surface area (Å²) < 4.78 is 10.6. The normalized spacial score (nSPS) is 11.6. The van der Waals surface area contributed by atoms with Crippen molar-refractivity contribution < 1.29 is 9.47 Å². The number of methoxy groups -OCH3 is 2. The highest BCUT2D eigenvalue weighted by molar-refractivity contribution is 5.82. The molecule has 0 aliphatic rings. The lowest BCUT2D eigenvalue weighted by molar-refractivity contribution is 0.355. The van der Waals surface area contributed by atoms with Crippen molar-refractivity contribution in [3.63, 3.8) is 0 Å². The highest BCUT2D eigenvalue weighted by atomic mass is 16.5. The molecule has 0 saturated carbocycles. The fourth-order valence-electron chi connectivity index (χ4n) is 2.95. The predicted octanol–water partition coefficient (Wildman–Crippen LogP) is 2.84. The molecule has 8 nitrogen and oxygen atoms in total. The molecule has 0 aliphatic heterocycles. The average Bonchev–Trinajstić information content (AvgIpc) is 2.73. The molecule has 1 heterocycles. The zero-order valence-corrected chi connectivity index (χ0v) is 17.9. The molecule has 1 aromatic heterocycles. The molecular formula is C22H27N5O3. The van der Waals surface area contributed by atoms with Gasteiger partial charge in [0.1, 0.15) is 11.7 Å². The van der Waals surface area contributed by atoms with Crippen LogP contribution in [0.5, 0.6) is 11.5 Å². The molecule has 0 atom stereocenters. The fraction of sp³-hybridized carbons (Fsp3) is 0.318. The molecule has 0 bridgehead atoms. The van der Waals surface area contributed by atoms with Crippen molar-refractivity contribution in [2.75, 3.05) is 28.3 Å². The van der Waals surface area contributed by atoms with Crippen molar-refractivity contribution in [1.29, 1.82) is 0 Å². The number of hydrogen-bond donors (Lipinski definition) is 2. The zero-order chi connectivity index (χ0) is 21.7. The summed E-state index contributed by atoms with van der Waals surface area (Å²) in [6.45, 7) is 3.01. The number of aromatic amines is 1. The summed E-state index contributed by atoms with van der Waals surface area (Å²) >= 11 is 0. The Morgan fingerprint density at radius 1 is 1.13 bits per heavy atom. The van der Waals surface area contributed by atoms with Crippen molar-refractivity contribution >= 4 is 22.4 Å². The number of fused-ring (bicyclic) bond motifs is 1. The summed E-state index contributed by atoms with van der Waals surface area (Å²) in [6.07, 6.45) is 0. The van der Waals surface area contributed by atoms with E-state index >= 15 is 0 Å². The number of benzene rings is 2. The summed E-state index contributed by atoms with van der Waals surface area (Å²) in [6, 6.07) is 11.4. The van der Waals surface area contributed by atoms with E-state index in [-0.39, 0.29) is 5.56 Å². The number of nitrogens with one attached hydrogen (secondary N) is 2. The second-order valence-electron chi connectivity index (χ2n) is 7.06. The van der Waals surface area contributed by atoms with E-state index in [9.17, 15) is 4.79 Å². The molecule has 8 heteroatoms. The van der Waals surface area contributed by atoms with Crippen LogP contribution >= 0.6 is 0 Å². The molecule has 0 aliphatic carbocycles. The number of aliphatic imine (C=N–C) groups is 1. The molecular weight excluding hydrogens is 382 g/mol. The van der Waals surface area contributed by atoms with E-state index in [2.05, 4.69) is 20.3 Å². The average molecular weight is 409 g/mol. The van der Waals surface area contributed by atoms with Crippen LogP contribution < -0.4 is 20.3 Å². The number of H-pyrrole nitrogens is 1. The van der Waals surface area contributed by atoms with E-state index in [1.807, 2.05) is 50.2 Å². The van der Waals surface area contributed by atoms with Crippen molar-refractivity contribution in [3.05, 3.63) is 58.1 Å². The molecule has 3 aromatic rings. The SMILES string of the molecule is COc1cc2nc(CNCc3cccc(N=C(C)N(C)C)c3)[nH]c(=O)c2cc1OC. The lowest BCUT2D eigenvalue weighted by Crippen LogP contribution is -2.19. The first kappa shape index (κ1) is 21.3. The molecule has 2 N–H and O–H groups in total. The Balaban J connectivity index is 1.73. The van der Waals surface area contributed by atoms with Gasteiger partial charge in [-0.15, -0.1) is 0 Å². The van der Waals surface area contributed by atoms with Crippen LogP contribution in [-0.2, 0) is 13.1 Å². The number of rotatable bonds is 7. The number of hydrogen-bond acceptors (Lipinski definition) is 6. The van der Waals surface area contributed by atoms with Gasteiger partial charge in [-0.3, -0.25) is 4.79 Å². The van der Waals surface area contributed by atoms with Crippen molar-refractivity contribution in [3.8, 4) is 11.5 Å². The van der Waals surface area contributed by atoms with E-state index in [0.29, 0.717) is 41.3 Å². The molecule has 30 heavy (non-hydrogen) atoms. The van der Waals surface area contributed by atoms with Gasteiger partial charge < -0.3 is 24.7 Å². The summed E-state index contributed by atoms with van der Waals surface area (Å²) in [4.78, 5) is 26.4. The van der Waals surface area contributed by atoms with Crippen LogP contribution in [-0.4, -0.2) is 49.0 Å². The molecule has 3 rings (SSSR count). The highest BCUT2D eigenvalue weighted by Gasteiger charge is 2.11. The van der Waals surface area contributed by atoms with Crippen LogP contribution in [0.3, 0.4) is 0 Å². The Kier molecular flexibility index (Phi) is 6.68. The lowest BCUT2D eigenvalue weighted by Gasteiger charge is -2.11. The third kappa shape index (κ3) is 4.96. The van der Waals surface area contributed by atoms with Crippen LogP contribution in [0.4, 0.5) is 5.69 Å². The van der Waals surface area contributed by atoms with Crippen molar-refractivity contribution in [1.82, 2.24) is 20.2 Å². The van der Waals surface area contributed by atoms with Gasteiger partial charge in [-0.1, -0.05) is 12.1 Å². The van der Waals surface area contributed by atoms with Gasteiger partial charge in [-0.05, 0) is 30.7 Å². The second-order valence-corrected chi connectivity index (χ2v) is 7.06. The van der Waals surface area contributed by atoms with Gasteiger partial charge in [0.05, 0.1) is 37.4 Å². The number of amidine groups is 1. The maximum atomic E-state index is 12.5. The third-order valence-corrected chi connectivity index (χ3v) is 4.73. The summed E-state index contributed by atoms with van der Waals surface area (Å²) in [7, 11) is 7.02. The van der Waals surface area contributed by atoms with Crippen LogP contribution in [0.25, 0.3) is 10.9 Å². The van der Waals surface area contributed by atoms with Crippen LogP contribution in [0.1, 0.15) is 18.3 Å². The van der Waals surface area contributed by atoms with Crippen LogP contribution in [0, 0.1) is 0 Å². The van der Waals surface area contributed by atoms with Gasteiger partial charge in [0.2, 0.25) is 0 Å². The quantitative estimate of drug-likeness (QED) is 0.461. The minimum absolute atomic E-state index is 0.215. The van der Waals surface area contributed by atoms with Gasteiger partial charge in [0.25, 0.3) is 5.56 Å². The van der Waals surface area contributed by atoms with E-state index < -0.39 is 0 Å². The van der Waals surface area contributed by atoms with Gasteiger partial charge in [0.15, 0.2) is 11.5 Å². The van der Waals surface area contributed by atoms with Crippen LogP contribution in [0.2, 0.25) is 0 Å². The minimum atomic E-state index is -0.215. The maximum absolute atomic E-state index is 12.5. The molecule has 158 valence electrons. The Morgan fingerprint density at radius 2 is 1.87 bits per heavy atom. The highest BCUT2D eigenvalue weighted by Crippen LogP contribution is 2.29. The smallest absolute Gasteiger partial charge is 0.258 e. The first-order chi connectivity index (χ1) is 14.4. The molecule has 2 aromatic carbocycles. The largest absolute Gasteiger partial charge is 0.493 e. The first-order valence-electron chi connectivity index (χ1n) is 9.58. The van der Waals surface area contributed by atoms with E-state index in [0.717, 1.165) is 17.1 Å². The Hall–Kier alpha value is -3.39. The molecule has 0 fully saturated rings. The Bertz CT molecular complexity index is 1120. The van der Waals surface area contributed by atoms with E-state index in [4.69, 9.17) is 9.47 Å². The minimum Gasteiger partial charge on any atom is -0.493 e. The standard InChI is InChI=1S/C22H27N5O3/c1-14(27(2)3)24-16-8-6-7-15(9-16)12-23-13-21-25-18-11-20(30-5)19(29-4)10-17(18)22(28)26-21/h6-11,23H,12-13H2,1-5H3,(H,25,26,28). The Labute approximate surface area is 175 Å². The molecule has 0 radical (unpaired) electrons. The van der Waals surface area contributed by atoms with Crippen LogP contribution in [0.15, 0.2) is 46.2 Å². The Morgan fingerprint density at radius 3 is 2.57 bits per heavy atom. The van der Waals surface area contributed by atoms with E-state index in [1.54, 1.807) is 19.2 Å². The molecule has 0 unspecified atom stereocenters. The third-order valence-electron chi connectivity index (χ3n) is 4.73. The summed E-state index contributed by atoms with van der Waals surface area (Å²) in [5, 5.41) is 3.77. The fourth-order valence-corrected chi connectivity index (χ4v) is 2.95. The predicted molar refractivity (Wildman–Crippen MR) is 119 cm³/mol. The maximum Gasteiger partial charge on any atom is 0.258 e. The van der Waals surface area contributed by atoms with Crippen molar-refractivity contribution in [2.45, 2.75) is 20.0 Å². The first-order valence-corrected chi connectivity index (χ1v) is 9.58. The van der Waals surface area contributed by atoms with Gasteiger partial charge in [-0.2, -0.15) is 0 Å². The number of aromatic nitrogens is 2. The summed E-state index contributed by atoms with van der Waals surface area (Å²) in [5.41, 5.74) is 2.34. The van der Waals surface area contributed by atoms with Gasteiger partial charge in [0, 0.05) is 26.7 Å². The molecule has 0 amide bonds. The monoisotopic (exact) mass is 409 g/mol. The zero-order valence-electron chi connectivity index (χ0n) is 17.9. The molecule has 0 saturated heterocycles. The topological polar surface area (TPSA) is 91.8 Å². The lowest BCUT2D eigenvalue weighted by atomic mass is 10.2. The second kappa shape index (κ2) is 9.41. The summed E-state index contributed by atoms with van der Waals surface area (Å²) in [5.74, 6) is 2.52. The van der Waals surface area contributed by atoms with Crippen molar-refractivity contribution in [2.24, 2.45) is 4.99 Å². The van der Waals surface area contributed by atoms with Gasteiger partial charge in [-0.25, -0.2) is 9.98 Å².